The van der Waals surface area contributed by atoms with Crippen LogP contribution in [0.25, 0.3) is 0 Å². The number of allylic oxidation sites excluding steroid dienone is 1. The first-order chi connectivity index (χ1) is 12.9. The number of hydrogen-bond acceptors (Lipinski definition) is 1. The van der Waals surface area contributed by atoms with E-state index in [0.29, 0.717) is 22.0 Å². The minimum atomic E-state index is -1.70. The highest BCUT2D eigenvalue weighted by atomic mass is 28.4. The summed E-state index contributed by atoms with van der Waals surface area (Å²) in [5.41, 5.74) is 2.55. The van der Waals surface area contributed by atoms with Gasteiger partial charge in [-0.1, -0.05) is 46.8 Å². The van der Waals surface area contributed by atoms with Crippen molar-refractivity contribution in [1.82, 2.24) is 0 Å². The molecule has 0 radical (unpaired) electrons. The normalized spacial score (nSPS) is 46.7. The van der Waals surface area contributed by atoms with Gasteiger partial charge in [0.25, 0.3) is 0 Å². The van der Waals surface area contributed by atoms with Crippen LogP contribution in [0.3, 0.4) is 0 Å². The fourth-order valence-corrected chi connectivity index (χ4v) is 9.29. The van der Waals surface area contributed by atoms with Gasteiger partial charge in [0.15, 0.2) is 8.32 Å². The second-order valence-electron chi connectivity index (χ2n) is 13.1. The third kappa shape index (κ3) is 3.11. The lowest BCUT2D eigenvalue weighted by Crippen LogP contribution is -2.55. The minimum absolute atomic E-state index is 0.314. The predicted octanol–water partition coefficient (Wildman–Crippen LogP) is 7.98. The summed E-state index contributed by atoms with van der Waals surface area (Å²) in [5, 5.41) is 0.314. The van der Waals surface area contributed by atoms with Crippen LogP contribution in [0, 0.1) is 34.5 Å². The van der Waals surface area contributed by atoms with Crippen LogP contribution >= 0.6 is 0 Å². The van der Waals surface area contributed by atoms with E-state index in [9.17, 15) is 0 Å². The molecule has 2 heteroatoms. The highest BCUT2D eigenvalue weighted by Crippen LogP contribution is 2.67. The molecular formula is C26H46OSi. The van der Waals surface area contributed by atoms with Gasteiger partial charge in [0.2, 0.25) is 0 Å². The summed E-state index contributed by atoms with van der Waals surface area (Å²) < 4.78 is 7.09. The van der Waals surface area contributed by atoms with E-state index in [2.05, 4.69) is 54.3 Å². The van der Waals surface area contributed by atoms with E-state index in [1.807, 2.05) is 0 Å². The molecule has 0 bridgehead atoms. The van der Waals surface area contributed by atoms with Crippen LogP contribution in [0.15, 0.2) is 12.2 Å². The van der Waals surface area contributed by atoms with E-state index in [-0.39, 0.29) is 0 Å². The second-order valence-corrected chi connectivity index (χ2v) is 17.9. The third-order valence-corrected chi connectivity index (χ3v) is 15.3. The Morgan fingerprint density at radius 2 is 1.61 bits per heavy atom. The quantitative estimate of drug-likeness (QED) is 0.336. The zero-order chi connectivity index (χ0) is 20.5. The Kier molecular flexibility index (Phi) is 5.07. The molecule has 0 saturated heterocycles. The molecule has 4 aliphatic rings. The molecule has 28 heavy (non-hydrogen) atoms. The summed E-state index contributed by atoms with van der Waals surface area (Å²) >= 11 is 0. The number of fused-ring (bicyclic) bond motifs is 5. The zero-order valence-electron chi connectivity index (χ0n) is 19.9. The fourth-order valence-electron chi connectivity index (χ4n) is 7.83. The maximum Gasteiger partial charge on any atom is 0.192 e. The Bertz CT molecular complexity index is 631. The summed E-state index contributed by atoms with van der Waals surface area (Å²) in [5.74, 6) is 3.74. The smallest absolute Gasteiger partial charge is 0.192 e. The highest BCUT2D eigenvalue weighted by Gasteiger charge is 2.61. The van der Waals surface area contributed by atoms with Crippen molar-refractivity contribution in [2.24, 2.45) is 34.5 Å². The molecule has 0 amide bonds. The molecule has 4 fully saturated rings. The first-order valence-corrected chi connectivity index (χ1v) is 15.1. The van der Waals surface area contributed by atoms with E-state index < -0.39 is 8.32 Å². The van der Waals surface area contributed by atoms with Crippen LogP contribution in [0.5, 0.6) is 0 Å². The molecule has 0 aliphatic heterocycles. The lowest BCUT2D eigenvalue weighted by molar-refractivity contribution is -0.113. The van der Waals surface area contributed by atoms with Gasteiger partial charge >= 0.3 is 0 Å². The van der Waals surface area contributed by atoms with E-state index in [1.54, 1.807) is 0 Å². The average Bonchev–Trinajstić information content (AvgIpc) is 2.91. The molecule has 4 rings (SSSR count). The van der Waals surface area contributed by atoms with Gasteiger partial charge in [-0.05, 0) is 110 Å². The minimum Gasteiger partial charge on any atom is -0.413 e. The topological polar surface area (TPSA) is 9.23 Å². The van der Waals surface area contributed by atoms with Crippen LogP contribution in [0.4, 0.5) is 0 Å². The Labute approximate surface area is 176 Å². The van der Waals surface area contributed by atoms with E-state index in [4.69, 9.17) is 4.43 Å². The monoisotopic (exact) mass is 402 g/mol. The summed E-state index contributed by atoms with van der Waals surface area (Å²) in [7, 11) is -1.70. The molecule has 0 spiro atoms. The number of hydrogen-bond donors (Lipinski definition) is 0. The fraction of sp³-hybridized carbons (Fsp3) is 0.923. The molecule has 160 valence electrons. The Balaban J connectivity index is 1.55. The summed E-state index contributed by atoms with van der Waals surface area (Å²) in [4.78, 5) is 0. The van der Waals surface area contributed by atoms with Crippen LogP contribution in [0.2, 0.25) is 18.1 Å². The highest BCUT2D eigenvalue weighted by molar-refractivity contribution is 6.74. The summed E-state index contributed by atoms with van der Waals surface area (Å²) in [6.45, 7) is 21.7. The lowest BCUT2D eigenvalue weighted by atomic mass is 9.45. The Morgan fingerprint density at radius 3 is 2.29 bits per heavy atom. The van der Waals surface area contributed by atoms with Gasteiger partial charge in [-0.2, -0.15) is 0 Å². The van der Waals surface area contributed by atoms with Gasteiger partial charge in [-0.15, -0.1) is 0 Å². The molecule has 0 unspecified atom stereocenters. The molecule has 4 saturated carbocycles. The standard InChI is InChI=1S/C26H46OSi/c1-18-13-15-25(5)19(17-18)9-10-20-21-11-12-23(26(21,6)16-14-22(20)25)27-28(7,8)24(2,3)4/h19-23H,1,9-17H2,2-8H3/t19-,20-,21-,22-,23-,25-,26-/m0/s1. The van der Waals surface area contributed by atoms with E-state index in [1.165, 1.54) is 63.4 Å². The maximum atomic E-state index is 7.09. The predicted molar refractivity (Wildman–Crippen MR) is 123 cm³/mol. The van der Waals surface area contributed by atoms with Crippen molar-refractivity contribution in [3.05, 3.63) is 12.2 Å². The van der Waals surface area contributed by atoms with E-state index >= 15 is 0 Å². The van der Waals surface area contributed by atoms with Crippen molar-refractivity contribution in [3.63, 3.8) is 0 Å². The molecule has 7 atom stereocenters. The molecule has 0 N–H and O–H groups in total. The summed E-state index contributed by atoms with van der Waals surface area (Å²) in [6.07, 6.45) is 13.0. The SMILES string of the molecule is C=C1CC[C@@]2(C)[C@@H](CC[C@@H]3[C@@H]2CC[C@]2(C)[C@@H](O[Si](C)(C)C(C)(C)C)CC[C@@H]32)C1. The molecular weight excluding hydrogens is 356 g/mol. The van der Waals surface area contributed by atoms with Crippen molar-refractivity contribution < 1.29 is 4.43 Å². The van der Waals surface area contributed by atoms with Gasteiger partial charge in [-0.25, -0.2) is 0 Å². The zero-order valence-corrected chi connectivity index (χ0v) is 20.9. The van der Waals surface area contributed by atoms with Gasteiger partial charge in [-0.3, -0.25) is 0 Å². The number of rotatable bonds is 2. The van der Waals surface area contributed by atoms with Crippen LogP contribution in [-0.4, -0.2) is 14.4 Å². The van der Waals surface area contributed by atoms with Crippen LogP contribution in [-0.2, 0) is 4.43 Å². The molecule has 0 aromatic heterocycles. The van der Waals surface area contributed by atoms with Crippen molar-refractivity contribution in [2.45, 2.75) is 117 Å². The van der Waals surface area contributed by atoms with Crippen LogP contribution < -0.4 is 0 Å². The Morgan fingerprint density at radius 1 is 0.929 bits per heavy atom. The van der Waals surface area contributed by atoms with E-state index in [0.717, 1.165) is 23.7 Å². The first-order valence-electron chi connectivity index (χ1n) is 12.2. The molecule has 4 aliphatic carbocycles. The summed E-state index contributed by atoms with van der Waals surface area (Å²) in [6, 6.07) is 0. The Hall–Kier alpha value is -0.0831. The van der Waals surface area contributed by atoms with Gasteiger partial charge in [0.05, 0.1) is 6.10 Å². The first kappa shape index (κ1) is 21.2. The van der Waals surface area contributed by atoms with Crippen molar-refractivity contribution in [3.8, 4) is 0 Å². The lowest BCUT2D eigenvalue weighted by Gasteiger charge is -2.61. The van der Waals surface area contributed by atoms with Gasteiger partial charge < -0.3 is 4.43 Å². The third-order valence-electron chi connectivity index (χ3n) is 10.8. The van der Waals surface area contributed by atoms with Gasteiger partial charge in [0, 0.05) is 0 Å². The van der Waals surface area contributed by atoms with Crippen molar-refractivity contribution in [1.29, 1.82) is 0 Å². The van der Waals surface area contributed by atoms with Crippen molar-refractivity contribution >= 4 is 8.32 Å². The largest absolute Gasteiger partial charge is 0.413 e. The molecule has 0 aromatic rings. The van der Waals surface area contributed by atoms with Gasteiger partial charge in [0.1, 0.15) is 0 Å². The maximum absolute atomic E-state index is 7.09. The van der Waals surface area contributed by atoms with Crippen LogP contribution in [0.1, 0.15) is 92.4 Å². The average molecular weight is 403 g/mol. The second kappa shape index (κ2) is 6.71. The van der Waals surface area contributed by atoms with Crippen molar-refractivity contribution in [2.75, 3.05) is 0 Å². The molecule has 1 nitrogen and oxygen atoms in total. The molecule has 0 aromatic carbocycles. The molecule has 0 heterocycles.